The average molecular weight is 263 g/mol. The van der Waals surface area contributed by atoms with Crippen LogP contribution in [0.5, 0.6) is 0 Å². The lowest BCUT2D eigenvalue weighted by atomic mass is 10.1. The number of carbonyl (C=O) groups excluding carboxylic acids is 1. The summed E-state index contributed by atoms with van der Waals surface area (Å²) in [5.41, 5.74) is 0.712. The summed E-state index contributed by atoms with van der Waals surface area (Å²) in [4.78, 5) is 24.3. The Labute approximate surface area is 111 Å². The second kappa shape index (κ2) is 5.79. The predicted molar refractivity (Wildman–Crippen MR) is 70.8 cm³/mol. The molecule has 19 heavy (non-hydrogen) atoms. The third-order valence-electron chi connectivity index (χ3n) is 3.30. The maximum atomic E-state index is 12.2. The number of non-ortho nitro benzene ring substituents is 1. The topological polar surface area (TPSA) is 75.5 Å². The van der Waals surface area contributed by atoms with Crippen molar-refractivity contribution in [2.75, 3.05) is 19.6 Å². The normalized spacial score (nSPS) is 19.2. The fourth-order valence-electron chi connectivity index (χ4n) is 2.27. The minimum atomic E-state index is -0.443. The lowest BCUT2D eigenvalue weighted by Crippen LogP contribution is -2.52. The van der Waals surface area contributed by atoms with E-state index in [9.17, 15) is 14.9 Å². The zero-order valence-corrected chi connectivity index (χ0v) is 10.8. The molecule has 1 aromatic carbocycles. The van der Waals surface area contributed by atoms with Crippen LogP contribution in [0.1, 0.15) is 12.5 Å². The van der Waals surface area contributed by atoms with E-state index in [1.54, 1.807) is 12.1 Å². The zero-order chi connectivity index (χ0) is 13.8. The fourth-order valence-corrected chi connectivity index (χ4v) is 2.27. The molecule has 1 heterocycles. The standard InChI is InChI=1S/C13H17N3O3/c1-10-9-14-5-6-15(10)13(17)8-11-3-2-4-12(7-11)16(18)19/h2-4,7,10,14H,5-6,8-9H2,1H3/t10-/m1/s1. The van der Waals surface area contributed by atoms with Crippen LogP contribution in [-0.2, 0) is 11.2 Å². The van der Waals surface area contributed by atoms with Crippen LogP contribution in [0.4, 0.5) is 5.69 Å². The van der Waals surface area contributed by atoms with E-state index in [1.807, 2.05) is 11.8 Å². The number of piperazine rings is 1. The Morgan fingerprint density at radius 1 is 1.58 bits per heavy atom. The molecule has 1 saturated heterocycles. The van der Waals surface area contributed by atoms with Gasteiger partial charge in [-0.1, -0.05) is 12.1 Å². The number of hydrogen-bond acceptors (Lipinski definition) is 4. The number of nitrogens with zero attached hydrogens (tertiary/aromatic N) is 2. The number of nitrogens with one attached hydrogen (secondary N) is 1. The van der Waals surface area contributed by atoms with Crippen LogP contribution in [0.3, 0.4) is 0 Å². The van der Waals surface area contributed by atoms with Gasteiger partial charge in [0.2, 0.25) is 5.91 Å². The molecule has 0 bridgehead atoms. The van der Waals surface area contributed by atoms with E-state index in [0.717, 1.165) is 13.1 Å². The van der Waals surface area contributed by atoms with Crippen LogP contribution in [0.2, 0.25) is 0 Å². The van der Waals surface area contributed by atoms with Crippen LogP contribution in [-0.4, -0.2) is 41.4 Å². The zero-order valence-electron chi connectivity index (χ0n) is 10.8. The van der Waals surface area contributed by atoms with Gasteiger partial charge in [-0.25, -0.2) is 0 Å². The van der Waals surface area contributed by atoms with Gasteiger partial charge in [-0.15, -0.1) is 0 Å². The Hall–Kier alpha value is -1.95. The molecular formula is C13H17N3O3. The molecule has 1 fully saturated rings. The monoisotopic (exact) mass is 263 g/mol. The molecule has 0 spiro atoms. The Balaban J connectivity index is 2.06. The van der Waals surface area contributed by atoms with E-state index in [1.165, 1.54) is 12.1 Å². The van der Waals surface area contributed by atoms with E-state index in [4.69, 9.17) is 0 Å². The molecular weight excluding hydrogens is 246 g/mol. The minimum Gasteiger partial charge on any atom is -0.337 e. The van der Waals surface area contributed by atoms with Gasteiger partial charge in [0.25, 0.3) is 5.69 Å². The molecule has 6 heteroatoms. The highest BCUT2D eigenvalue weighted by Crippen LogP contribution is 2.15. The Bertz CT molecular complexity index is 490. The minimum absolute atomic E-state index is 0.0227. The van der Waals surface area contributed by atoms with Gasteiger partial charge in [0.1, 0.15) is 0 Å². The van der Waals surface area contributed by atoms with Gasteiger partial charge in [-0.05, 0) is 12.5 Å². The summed E-state index contributed by atoms with van der Waals surface area (Å²) in [5, 5.41) is 13.9. The molecule has 1 atom stereocenters. The van der Waals surface area contributed by atoms with Crippen LogP contribution < -0.4 is 5.32 Å². The third kappa shape index (κ3) is 3.29. The molecule has 0 unspecified atom stereocenters. The van der Waals surface area contributed by atoms with Crippen LogP contribution >= 0.6 is 0 Å². The second-order valence-electron chi connectivity index (χ2n) is 4.74. The maximum absolute atomic E-state index is 12.2. The van der Waals surface area contributed by atoms with Crippen molar-refractivity contribution in [1.29, 1.82) is 0 Å². The third-order valence-corrected chi connectivity index (χ3v) is 3.30. The maximum Gasteiger partial charge on any atom is 0.269 e. The quantitative estimate of drug-likeness (QED) is 0.651. The molecule has 0 aromatic heterocycles. The van der Waals surface area contributed by atoms with Crippen LogP contribution in [0, 0.1) is 10.1 Å². The molecule has 0 saturated carbocycles. The number of hydrogen-bond donors (Lipinski definition) is 1. The summed E-state index contributed by atoms with van der Waals surface area (Å²) in [5.74, 6) is 0.0227. The molecule has 6 nitrogen and oxygen atoms in total. The van der Waals surface area contributed by atoms with Crippen molar-refractivity contribution in [2.45, 2.75) is 19.4 Å². The fraction of sp³-hybridized carbons (Fsp3) is 0.462. The summed E-state index contributed by atoms with van der Waals surface area (Å²) in [7, 11) is 0. The van der Waals surface area contributed by atoms with Gasteiger partial charge in [0.05, 0.1) is 11.3 Å². The number of nitro groups is 1. The van der Waals surface area contributed by atoms with Gasteiger partial charge in [-0.2, -0.15) is 0 Å². The van der Waals surface area contributed by atoms with Crippen LogP contribution in [0.15, 0.2) is 24.3 Å². The van der Waals surface area contributed by atoms with Gasteiger partial charge < -0.3 is 10.2 Å². The highest BCUT2D eigenvalue weighted by Gasteiger charge is 2.23. The van der Waals surface area contributed by atoms with Gasteiger partial charge in [0.15, 0.2) is 0 Å². The number of nitro benzene ring substituents is 1. The van der Waals surface area contributed by atoms with E-state index < -0.39 is 4.92 Å². The molecule has 1 N–H and O–H groups in total. The molecule has 1 amide bonds. The van der Waals surface area contributed by atoms with Gasteiger partial charge in [0, 0.05) is 37.8 Å². The first kappa shape index (κ1) is 13.5. The van der Waals surface area contributed by atoms with Crippen molar-refractivity contribution in [3.63, 3.8) is 0 Å². The summed E-state index contributed by atoms with van der Waals surface area (Å²) in [6.45, 7) is 4.28. The van der Waals surface area contributed by atoms with E-state index in [-0.39, 0.29) is 24.1 Å². The van der Waals surface area contributed by atoms with Crippen molar-refractivity contribution in [3.8, 4) is 0 Å². The predicted octanol–water partition coefficient (Wildman–Crippen LogP) is 0.958. The second-order valence-corrected chi connectivity index (χ2v) is 4.74. The summed E-state index contributed by atoms with van der Waals surface area (Å²) < 4.78 is 0. The molecule has 102 valence electrons. The van der Waals surface area contributed by atoms with E-state index in [0.29, 0.717) is 12.1 Å². The smallest absolute Gasteiger partial charge is 0.269 e. The van der Waals surface area contributed by atoms with Crippen molar-refractivity contribution in [3.05, 3.63) is 39.9 Å². The molecule has 0 radical (unpaired) electrons. The first-order chi connectivity index (χ1) is 9.08. The van der Waals surface area contributed by atoms with Crippen LogP contribution in [0.25, 0.3) is 0 Å². The summed E-state index contributed by atoms with van der Waals surface area (Å²) >= 11 is 0. The van der Waals surface area contributed by atoms with E-state index >= 15 is 0 Å². The Kier molecular flexibility index (Phi) is 4.11. The average Bonchev–Trinajstić information content (AvgIpc) is 2.39. The number of rotatable bonds is 3. The van der Waals surface area contributed by atoms with Crippen molar-refractivity contribution in [2.24, 2.45) is 0 Å². The highest BCUT2D eigenvalue weighted by atomic mass is 16.6. The SMILES string of the molecule is C[C@@H]1CNCCN1C(=O)Cc1cccc([N+](=O)[O-])c1. The molecule has 1 aliphatic heterocycles. The molecule has 1 aliphatic rings. The lowest BCUT2D eigenvalue weighted by Gasteiger charge is -2.34. The van der Waals surface area contributed by atoms with Crippen molar-refractivity contribution < 1.29 is 9.72 Å². The van der Waals surface area contributed by atoms with Gasteiger partial charge in [-0.3, -0.25) is 14.9 Å². The first-order valence-electron chi connectivity index (χ1n) is 6.31. The van der Waals surface area contributed by atoms with E-state index in [2.05, 4.69) is 5.32 Å². The highest BCUT2D eigenvalue weighted by molar-refractivity contribution is 5.79. The largest absolute Gasteiger partial charge is 0.337 e. The van der Waals surface area contributed by atoms with Crippen molar-refractivity contribution in [1.82, 2.24) is 10.2 Å². The summed E-state index contributed by atoms with van der Waals surface area (Å²) in [6.07, 6.45) is 0.214. The number of benzene rings is 1. The number of amides is 1. The molecule has 2 rings (SSSR count). The van der Waals surface area contributed by atoms with Crippen molar-refractivity contribution >= 4 is 11.6 Å². The molecule has 0 aliphatic carbocycles. The molecule has 1 aromatic rings. The van der Waals surface area contributed by atoms with Gasteiger partial charge >= 0.3 is 0 Å². The number of carbonyl (C=O) groups is 1. The summed E-state index contributed by atoms with van der Waals surface area (Å²) in [6, 6.07) is 6.42. The lowest BCUT2D eigenvalue weighted by molar-refractivity contribution is -0.384. The Morgan fingerprint density at radius 2 is 2.37 bits per heavy atom. The first-order valence-corrected chi connectivity index (χ1v) is 6.31. The Morgan fingerprint density at radius 3 is 3.05 bits per heavy atom.